The van der Waals surface area contributed by atoms with Crippen molar-refractivity contribution >= 4 is 24.1 Å². The minimum absolute atomic E-state index is 0.0817. The van der Waals surface area contributed by atoms with Crippen LogP contribution in [0, 0.1) is 0 Å². The SMILES string of the molecule is O=C(O)CNC(=O)C(CCCCNC(=O)OCc1ccccc1)NC(=O)OCC1c2ccccc2-c2ccccc21. The van der Waals surface area contributed by atoms with Gasteiger partial charge in [0.25, 0.3) is 0 Å². The average Bonchev–Trinajstić information content (AvgIpc) is 3.31. The number of alkyl carbamates (subject to hydrolysis) is 2. The highest BCUT2D eigenvalue weighted by Crippen LogP contribution is 2.44. The molecule has 1 atom stereocenters. The predicted molar refractivity (Wildman–Crippen MR) is 151 cm³/mol. The van der Waals surface area contributed by atoms with Crippen LogP contribution in [0.25, 0.3) is 11.1 Å². The van der Waals surface area contributed by atoms with Gasteiger partial charge in [-0.05, 0) is 47.1 Å². The molecule has 0 saturated carbocycles. The van der Waals surface area contributed by atoms with Crippen LogP contribution in [-0.4, -0.2) is 54.9 Å². The number of carbonyl (C=O) groups excluding carboxylic acids is 3. The van der Waals surface area contributed by atoms with Crippen LogP contribution >= 0.6 is 0 Å². The molecule has 4 rings (SSSR count). The second-order valence-corrected chi connectivity index (χ2v) is 9.62. The molecule has 0 aliphatic heterocycles. The van der Waals surface area contributed by atoms with Gasteiger partial charge < -0.3 is 30.5 Å². The molecule has 3 amide bonds. The number of aliphatic carboxylic acids is 1. The summed E-state index contributed by atoms with van der Waals surface area (Å²) in [4.78, 5) is 48.2. The second-order valence-electron chi connectivity index (χ2n) is 9.62. The fourth-order valence-electron chi connectivity index (χ4n) is 4.78. The van der Waals surface area contributed by atoms with Crippen LogP contribution < -0.4 is 16.0 Å². The Labute approximate surface area is 238 Å². The zero-order valence-electron chi connectivity index (χ0n) is 22.5. The number of amides is 3. The van der Waals surface area contributed by atoms with Gasteiger partial charge in [0.15, 0.2) is 0 Å². The lowest BCUT2D eigenvalue weighted by Gasteiger charge is -2.19. The smallest absolute Gasteiger partial charge is 0.407 e. The molecule has 0 spiro atoms. The highest BCUT2D eigenvalue weighted by molar-refractivity contribution is 5.88. The number of unbranched alkanes of at least 4 members (excludes halogenated alkanes) is 1. The van der Waals surface area contributed by atoms with E-state index in [2.05, 4.69) is 16.0 Å². The van der Waals surface area contributed by atoms with Crippen molar-refractivity contribution in [2.75, 3.05) is 19.7 Å². The van der Waals surface area contributed by atoms with E-state index in [-0.39, 0.29) is 25.6 Å². The Morgan fingerprint density at radius 3 is 2.05 bits per heavy atom. The van der Waals surface area contributed by atoms with Crippen molar-refractivity contribution in [1.29, 1.82) is 0 Å². The molecule has 10 heteroatoms. The molecule has 0 saturated heterocycles. The van der Waals surface area contributed by atoms with Gasteiger partial charge in [0.2, 0.25) is 5.91 Å². The van der Waals surface area contributed by atoms with Crippen molar-refractivity contribution in [3.05, 3.63) is 95.6 Å². The molecule has 1 unspecified atom stereocenters. The van der Waals surface area contributed by atoms with E-state index < -0.39 is 36.6 Å². The van der Waals surface area contributed by atoms with E-state index in [0.29, 0.717) is 19.4 Å². The van der Waals surface area contributed by atoms with E-state index in [9.17, 15) is 19.2 Å². The van der Waals surface area contributed by atoms with Crippen molar-refractivity contribution in [3.8, 4) is 11.1 Å². The first-order valence-electron chi connectivity index (χ1n) is 13.5. The van der Waals surface area contributed by atoms with E-state index in [0.717, 1.165) is 27.8 Å². The topological polar surface area (TPSA) is 143 Å². The standard InChI is InChI=1S/C31H33N3O7/c35-28(36)18-33-29(37)27(16-8-9-17-32-30(38)40-19-21-10-2-1-3-11-21)34-31(39)41-20-26-24-14-6-4-12-22(24)23-13-5-7-15-25(23)26/h1-7,10-15,26-27H,8-9,16-20H2,(H,32,38)(H,33,37)(H,34,39)(H,35,36). The van der Waals surface area contributed by atoms with Crippen molar-refractivity contribution in [2.24, 2.45) is 0 Å². The minimum Gasteiger partial charge on any atom is -0.480 e. The van der Waals surface area contributed by atoms with Crippen LogP contribution in [0.2, 0.25) is 0 Å². The molecule has 1 aliphatic rings. The Balaban J connectivity index is 1.25. The van der Waals surface area contributed by atoms with Gasteiger partial charge in [0.05, 0.1) is 0 Å². The lowest BCUT2D eigenvalue weighted by atomic mass is 9.98. The summed E-state index contributed by atoms with van der Waals surface area (Å²) in [6, 6.07) is 24.2. The number of hydrogen-bond donors (Lipinski definition) is 4. The normalized spacial score (nSPS) is 12.4. The van der Waals surface area contributed by atoms with E-state index in [1.54, 1.807) is 0 Å². The zero-order valence-corrected chi connectivity index (χ0v) is 22.5. The Hall–Kier alpha value is -4.86. The summed E-state index contributed by atoms with van der Waals surface area (Å²) in [5.74, 6) is -1.97. The summed E-state index contributed by atoms with van der Waals surface area (Å²) in [5, 5.41) is 16.5. The number of carbonyl (C=O) groups is 4. The Kier molecular flexibility index (Phi) is 10.3. The summed E-state index contributed by atoms with van der Waals surface area (Å²) in [5.41, 5.74) is 5.19. The van der Waals surface area contributed by atoms with Crippen LogP contribution in [0.5, 0.6) is 0 Å². The first kappa shape index (κ1) is 29.1. The zero-order chi connectivity index (χ0) is 29.0. The van der Waals surface area contributed by atoms with Crippen LogP contribution in [0.1, 0.15) is 41.9 Å². The maximum Gasteiger partial charge on any atom is 0.407 e. The van der Waals surface area contributed by atoms with Crippen molar-refractivity contribution in [2.45, 2.75) is 37.8 Å². The monoisotopic (exact) mass is 559 g/mol. The predicted octanol–water partition coefficient (Wildman–Crippen LogP) is 4.19. The number of fused-ring (bicyclic) bond motifs is 3. The van der Waals surface area contributed by atoms with Gasteiger partial charge in [-0.1, -0.05) is 78.9 Å². The van der Waals surface area contributed by atoms with E-state index in [1.807, 2.05) is 78.9 Å². The van der Waals surface area contributed by atoms with Crippen LogP contribution in [0.3, 0.4) is 0 Å². The Bertz CT molecular complexity index is 1320. The van der Waals surface area contributed by atoms with E-state index in [4.69, 9.17) is 14.6 Å². The first-order valence-corrected chi connectivity index (χ1v) is 13.5. The highest BCUT2D eigenvalue weighted by atomic mass is 16.6. The number of rotatable bonds is 13. The first-order chi connectivity index (χ1) is 19.9. The Morgan fingerprint density at radius 1 is 0.756 bits per heavy atom. The summed E-state index contributed by atoms with van der Waals surface area (Å²) < 4.78 is 10.7. The summed E-state index contributed by atoms with van der Waals surface area (Å²) in [7, 11) is 0. The molecule has 10 nitrogen and oxygen atoms in total. The molecule has 3 aromatic rings. The van der Waals surface area contributed by atoms with E-state index >= 15 is 0 Å². The number of ether oxygens (including phenoxy) is 2. The minimum atomic E-state index is -1.20. The van der Waals surface area contributed by atoms with E-state index in [1.165, 1.54) is 0 Å². The molecule has 0 aromatic heterocycles. The molecule has 214 valence electrons. The van der Waals surface area contributed by atoms with Crippen molar-refractivity contribution < 1.29 is 33.8 Å². The quantitative estimate of drug-likeness (QED) is 0.230. The molecule has 0 fully saturated rings. The van der Waals surface area contributed by atoms with Crippen molar-refractivity contribution in [3.63, 3.8) is 0 Å². The number of benzene rings is 3. The average molecular weight is 560 g/mol. The number of carboxylic acids is 1. The largest absolute Gasteiger partial charge is 0.480 e. The van der Waals surface area contributed by atoms with Crippen LogP contribution in [0.15, 0.2) is 78.9 Å². The van der Waals surface area contributed by atoms with Gasteiger partial charge in [-0.25, -0.2) is 9.59 Å². The van der Waals surface area contributed by atoms with Gasteiger partial charge in [0.1, 0.15) is 25.8 Å². The summed E-state index contributed by atoms with van der Waals surface area (Å²) in [6.07, 6.45) is -0.133. The lowest BCUT2D eigenvalue weighted by Crippen LogP contribution is -2.48. The third kappa shape index (κ3) is 8.31. The number of hydrogen-bond acceptors (Lipinski definition) is 6. The Morgan fingerprint density at radius 2 is 1.39 bits per heavy atom. The summed E-state index contributed by atoms with van der Waals surface area (Å²) >= 11 is 0. The van der Waals surface area contributed by atoms with Crippen molar-refractivity contribution in [1.82, 2.24) is 16.0 Å². The third-order valence-corrected chi connectivity index (χ3v) is 6.77. The second kappa shape index (κ2) is 14.5. The fourth-order valence-corrected chi connectivity index (χ4v) is 4.78. The molecule has 0 radical (unpaired) electrons. The molecule has 1 aliphatic carbocycles. The maximum absolute atomic E-state index is 12.7. The molecule has 0 bridgehead atoms. The van der Waals surface area contributed by atoms with Gasteiger partial charge >= 0.3 is 18.2 Å². The molecular formula is C31H33N3O7. The fraction of sp³-hybridized carbons (Fsp3) is 0.290. The summed E-state index contributed by atoms with van der Waals surface area (Å²) in [6.45, 7) is -0.0283. The van der Waals surface area contributed by atoms with Gasteiger partial charge in [-0.2, -0.15) is 0 Å². The molecule has 0 heterocycles. The number of carboxylic acid groups (broad SMARTS) is 1. The maximum atomic E-state index is 12.7. The van der Waals surface area contributed by atoms with Gasteiger partial charge in [-0.3, -0.25) is 9.59 Å². The van der Waals surface area contributed by atoms with Crippen LogP contribution in [-0.2, 0) is 25.7 Å². The van der Waals surface area contributed by atoms with Gasteiger partial charge in [-0.15, -0.1) is 0 Å². The molecular weight excluding hydrogens is 526 g/mol. The van der Waals surface area contributed by atoms with Crippen LogP contribution in [0.4, 0.5) is 9.59 Å². The molecule has 41 heavy (non-hydrogen) atoms. The third-order valence-electron chi connectivity index (χ3n) is 6.77. The number of nitrogens with one attached hydrogen (secondary N) is 3. The molecule has 3 aromatic carbocycles. The lowest BCUT2D eigenvalue weighted by molar-refractivity contribution is -0.138. The highest BCUT2D eigenvalue weighted by Gasteiger charge is 2.29. The van der Waals surface area contributed by atoms with Gasteiger partial charge in [0, 0.05) is 12.5 Å². The molecule has 4 N–H and O–H groups in total.